The van der Waals surface area contributed by atoms with Crippen molar-refractivity contribution in [2.24, 2.45) is 0 Å². The van der Waals surface area contributed by atoms with Crippen LogP contribution in [0.15, 0.2) is 61.2 Å². The number of nitrogens with one attached hydrogen (secondary N) is 1. The molecule has 6 heteroatoms. The number of benzene rings is 2. The summed E-state index contributed by atoms with van der Waals surface area (Å²) in [5, 5.41) is 6.92. The summed E-state index contributed by atoms with van der Waals surface area (Å²) in [6.45, 7) is 2.45. The SMILES string of the molecule is CCOc1ccccc1NC(=O)c1ccc(-n2cncn2)cc1. The fraction of sp³-hybridized carbons (Fsp3) is 0.118. The minimum atomic E-state index is -0.192. The molecular weight excluding hydrogens is 292 g/mol. The Balaban J connectivity index is 1.76. The summed E-state index contributed by atoms with van der Waals surface area (Å²) >= 11 is 0. The molecule has 0 atom stereocenters. The van der Waals surface area contributed by atoms with Gasteiger partial charge in [0.1, 0.15) is 18.4 Å². The second-order valence-corrected chi connectivity index (χ2v) is 4.77. The van der Waals surface area contributed by atoms with Crippen molar-refractivity contribution in [1.29, 1.82) is 0 Å². The molecule has 2 aromatic carbocycles. The van der Waals surface area contributed by atoms with Crippen LogP contribution < -0.4 is 10.1 Å². The molecule has 0 bridgehead atoms. The number of carbonyl (C=O) groups excluding carboxylic acids is 1. The van der Waals surface area contributed by atoms with E-state index in [1.165, 1.54) is 6.33 Å². The van der Waals surface area contributed by atoms with Crippen LogP contribution in [0.4, 0.5) is 5.69 Å². The molecule has 0 saturated carbocycles. The molecular formula is C17H16N4O2. The average molecular weight is 308 g/mol. The quantitative estimate of drug-likeness (QED) is 0.787. The summed E-state index contributed by atoms with van der Waals surface area (Å²) in [6, 6.07) is 14.5. The fourth-order valence-electron chi connectivity index (χ4n) is 2.15. The first-order valence-corrected chi connectivity index (χ1v) is 7.26. The van der Waals surface area contributed by atoms with Gasteiger partial charge < -0.3 is 10.1 Å². The highest BCUT2D eigenvalue weighted by molar-refractivity contribution is 6.05. The second-order valence-electron chi connectivity index (χ2n) is 4.77. The number of carbonyl (C=O) groups is 1. The van der Waals surface area contributed by atoms with Gasteiger partial charge in [-0.15, -0.1) is 0 Å². The summed E-state index contributed by atoms with van der Waals surface area (Å²) in [7, 11) is 0. The highest BCUT2D eigenvalue weighted by Crippen LogP contribution is 2.24. The molecule has 3 rings (SSSR count). The zero-order valence-electron chi connectivity index (χ0n) is 12.6. The third-order valence-corrected chi connectivity index (χ3v) is 3.25. The number of ether oxygens (including phenoxy) is 1. The van der Waals surface area contributed by atoms with E-state index in [4.69, 9.17) is 4.74 Å². The first kappa shape index (κ1) is 14.8. The van der Waals surface area contributed by atoms with Crippen molar-refractivity contribution in [3.8, 4) is 11.4 Å². The molecule has 1 amide bonds. The number of amides is 1. The van der Waals surface area contributed by atoms with Crippen LogP contribution in [0.1, 0.15) is 17.3 Å². The maximum atomic E-state index is 12.4. The Hall–Kier alpha value is -3.15. The molecule has 0 spiro atoms. The van der Waals surface area contributed by atoms with E-state index in [0.29, 0.717) is 23.6 Å². The molecule has 1 heterocycles. The van der Waals surface area contributed by atoms with Crippen LogP contribution in [-0.4, -0.2) is 27.3 Å². The van der Waals surface area contributed by atoms with Crippen LogP contribution in [0, 0.1) is 0 Å². The fourth-order valence-corrected chi connectivity index (χ4v) is 2.15. The molecule has 1 aromatic heterocycles. The van der Waals surface area contributed by atoms with Gasteiger partial charge in [-0.2, -0.15) is 5.10 Å². The lowest BCUT2D eigenvalue weighted by Crippen LogP contribution is -2.13. The van der Waals surface area contributed by atoms with Gasteiger partial charge in [-0.3, -0.25) is 4.79 Å². The van der Waals surface area contributed by atoms with Gasteiger partial charge in [0, 0.05) is 5.56 Å². The number of nitrogens with zero attached hydrogens (tertiary/aromatic N) is 3. The van der Waals surface area contributed by atoms with Gasteiger partial charge in [-0.1, -0.05) is 12.1 Å². The van der Waals surface area contributed by atoms with Gasteiger partial charge >= 0.3 is 0 Å². The van der Waals surface area contributed by atoms with E-state index in [-0.39, 0.29) is 5.91 Å². The lowest BCUT2D eigenvalue weighted by atomic mass is 10.2. The van der Waals surface area contributed by atoms with Gasteiger partial charge in [0.15, 0.2) is 0 Å². The maximum Gasteiger partial charge on any atom is 0.255 e. The summed E-state index contributed by atoms with van der Waals surface area (Å²) in [5.41, 5.74) is 2.05. The standard InChI is InChI=1S/C17H16N4O2/c1-2-23-16-6-4-3-5-15(16)20-17(22)13-7-9-14(10-8-13)21-12-18-11-19-21/h3-12H,2H2,1H3,(H,20,22). The highest BCUT2D eigenvalue weighted by Gasteiger charge is 2.10. The van der Waals surface area contributed by atoms with Gasteiger partial charge in [0.05, 0.1) is 18.0 Å². The number of aromatic nitrogens is 3. The Morgan fingerprint density at radius 3 is 2.65 bits per heavy atom. The second kappa shape index (κ2) is 6.74. The van der Waals surface area contributed by atoms with Crippen LogP contribution in [0.25, 0.3) is 5.69 Å². The highest BCUT2D eigenvalue weighted by atomic mass is 16.5. The average Bonchev–Trinajstić information content (AvgIpc) is 3.11. The Labute approximate surface area is 133 Å². The van der Waals surface area contributed by atoms with Crippen LogP contribution in [0.2, 0.25) is 0 Å². The summed E-state index contributed by atoms with van der Waals surface area (Å²) in [5.74, 6) is 0.463. The Morgan fingerprint density at radius 1 is 1.17 bits per heavy atom. The van der Waals surface area contributed by atoms with E-state index in [0.717, 1.165) is 5.69 Å². The van der Waals surface area contributed by atoms with Crippen molar-refractivity contribution in [1.82, 2.24) is 14.8 Å². The summed E-state index contributed by atoms with van der Waals surface area (Å²) < 4.78 is 7.14. The predicted molar refractivity (Wildman–Crippen MR) is 86.9 cm³/mol. The molecule has 0 aliphatic carbocycles. The number of anilines is 1. The molecule has 0 aliphatic rings. The maximum absolute atomic E-state index is 12.4. The molecule has 6 nitrogen and oxygen atoms in total. The summed E-state index contributed by atoms with van der Waals surface area (Å²) in [4.78, 5) is 16.3. The van der Waals surface area contributed by atoms with Gasteiger partial charge in [0.2, 0.25) is 0 Å². The minimum Gasteiger partial charge on any atom is -0.492 e. The Morgan fingerprint density at radius 2 is 1.96 bits per heavy atom. The van der Waals surface area contributed by atoms with Crippen molar-refractivity contribution in [3.05, 3.63) is 66.7 Å². The topological polar surface area (TPSA) is 69.0 Å². The minimum absolute atomic E-state index is 0.192. The van der Waals surface area contributed by atoms with E-state index in [1.54, 1.807) is 23.1 Å². The molecule has 3 aromatic rings. The lowest BCUT2D eigenvalue weighted by Gasteiger charge is -2.11. The molecule has 0 saturated heterocycles. The van der Waals surface area contributed by atoms with Crippen molar-refractivity contribution in [2.45, 2.75) is 6.92 Å². The number of para-hydroxylation sites is 2. The Bertz CT molecular complexity index is 783. The first-order valence-electron chi connectivity index (χ1n) is 7.26. The third-order valence-electron chi connectivity index (χ3n) is 3.25. The molecule has 1 N–H and O–H groups in total. The van der Waals surface area contributed by atoms with Crippen molar-refractivity contribution in [3.63, 3.8) is 0 Å². The third kappa shape index (κ3) is 3.37. The Kier molecular flexibility index (Phi) is 4.33. The van der Waals surface area contributed by atoms with Crippen molar-refractivity contribution in [2.75, 3.05) is 11.9 Å². The first-order chi connectivity index (χ1) is 11.3. The van der Waals surface area contributed by atoms with E-state index in [9.17, 15) is 4.79 Å². The zero-order chi connectivity index (χ0) is 16.1. The van der Waals surface area contributed by atoms with Gasteiger partial charge in [-0.25, -0.2) is 9.67 Å². The monoisotopic (exact) mass is 308 g/mol. The molecule has 23 heavy (non-hydrogen) atoms. The van der Waals surface area contributed by atoms with E-state index < -0.39 is 0 Å². The molecule has 0 aliphatic heterocycles. The summed E-state index contributed by atoms with van der Waals surface area (Å²) in [6.07, 6.45) is 3.07. The van der Waals surface area contributed by atoms with E-state index in [1.807, 2.05) is 43.3 Å². The zero-order valence-corrected chi connectivity index (χ0v) is 12.6. The van der Waals surface area contributed by atoms with E-state index in [2.05, 4.69) is 15.4 Å². The van der Waals surface area contributed by atoms with Crippen LogP contribution in [-0.2, 0) is 0 Å². The lowest BCUT2D eigenvalue weighted by molar-refractivity contribution is 0.102. The molecule has 0 radical (unpaired) electrons. The number of rotatable bonds is 5. The molecule has 0 unspecified atom stereocenters. The molecule has 0 fully saturated rings. The van der Waals surface area contributed by atoms with Crippen LogP contribution in [0.5, 0.6) is 5.75 Å². The van der Waals surface area contributed by atoms with Gasteiger partial charge in [-0.05, 0) is 43.3 Å². The largest absolute Gasteiger partial charge is 0.492 e. The number of hydrogen-bond acceptors (Lipinski definition) is 4. The van der Waals surface area contributed by atoms with Crippen LogP contribution in [0.3, 0.4) is 0 Å². The van der Waals surface area contributed by atoms with E-state index >= 15 is 0 Å². The smallest absolute Gasteiger partial charge is 0.255 e. The van der Waals surface area contributed by atoms with Gasteiger partial charge in [0.25, 0.3) is 5.91 Å². The van der Waals surface area contributed by atoms with Crippen LogP contribution >= 0.6 is 0 Å². The predicted octanol–water partition coefficient (Wildman–Crippen LogP) is 2.92. The normalized spacial score (nSPS) is 10.3. The van der Waals surface area contributed by atoms with Crippen molar-refractivity contribution >= 4 is 11.6 Å². The molecule has 116 valence electrons. The van der Waals surface area contributed by atoms with Crippen molar-refractivity contribution < 1.29 is 9.53 Å². The number of hydrogen-bond donors (Lipinski definition) is 1.